The molecule has 0 aromatic carbocycles. The smallest absolute Gasteiger partial charge is 0.00587 e. The molecule has 2 aliphatic carbocycles. The molecule has 2 aliphatic rings. The van der Waals surface area contributed by atoms with Crippen molar-refractivity contribution < 1.29 is 0 Å². The lowest BCUT2D eigenvalue weighted by Crippen LogP contribution is -2.00. The molecular formula is C6H10S2. The van der Waals surface area contributed by atoms with Crippen molar-refractivity contribution in [1.82, 2.24) is 0 Å². The van der Waals surface area contributed by atoms with Gasteiger partial charge in [-0.2, -0.15) is 25.3 Å². The van der Waals surface area contributed by atoms with Gasteiger partial charge < -0.3 is 0 Å². The molecule has 2 saturated carbocycles. The van der Waals surface area contributed by atoms with Crippen LogP contribution < -0.4 is 0 Å². The van der Waals surface area contributed by atoms with Crippen molar-refractivity contribution in [1.29, 1.82) is 0 Å². The Hall–Kier alpha value is 0.700. The van der Waals surface area contributed by atoms with E-state index in [1.54, 1.807) is 0 Å². The summed E-state index contributed by atoms with van der Waals surface area (Å²) < 4.78 is 0. The van der Waals surface area contributed by atoms with Crippen LogP contribution in [0.2, 0.25) is 0 Å². The standard InChI is InChI=1S/C6H10S2/c7-5-2-6(8)4-1-3(4)5/h3-8H,1-2H2. The first-order chi connectivity index (χ1) is 3.79. The van der Waals surface area contributed by atoms with Crippen LogP contribution in [-0.2, 0) is 0 Å². The average molecular weight is 146 g/mol. The van der Waals surface area contributed by atoms with E-state index < -0.39 is 0 Å². The maximum absolute atomic E-state index is 4.44. The Morgan fingerprint density at radius 1 is 0.875 bits per heavy atom. The van der Waals surface area contributed by atoms with Crippen molar-refractivity contribution in [2.24, 2.45) is 11.8 Å². The topological polar surface area (TPSA) is 0 Å². The van der Waals surface area contributed by atoms with E-state index in [0.29, 0.717) is 10.5 Å². The monoisotopic (exact) mass is 146 g/mol. The minimum Gasteiger partial charge on any atom is -0.176 e. The van der Waals surface area contributed by atoms with Crippen LogP contribution in [0.3, 0.4) is 0 Å². The molecule has 0 nitrogen and oxygen atoms in total. The fraction of sp³-hybridized carbons (Fsp3) is 1.00. The van der Waals surface area contributed by atoms with Crippen LogP contribution >= 0.6 is 25.3 Å². The van der Waals surface area contributed by atoms with E-state index in [-0.39, 0.29) is 0 Å². The van der Waals surface area contributed by atoms with E-state index in [1.165, 1.54) is 12.8 Å². The number of rotatable bonds is 0. The van der Waals surface area contributed by atoms with Gasteiger partial charge in [0.2, 0.25) is 0 Å². The fourth-order valence-electron chi connectivity index (χ4n) is 1.72. The highest BCUT2D eigenvalue weighted by atomic mass is 32.1. The molecule has 0 heterocycles. The predicted octanol–water partition coefficient (Wildman–Crippen LogP) is 1.62. The first-order valence-electron chi connectivity index (χ1n) is 3.15. The summed E-state index contributed by atoms with van der Waals surface area (Å²) in [5.41, 5.74) is 0. The van der Waals surface area contributed by atoms with Crippen LogP contribution in [0.25, 0.3) is 0 Å². The quantitative estimate of drug-likeness (QED) is 0.477. The summed E-state index contributed by atoms with van der Waals surface area (Å²) in [6.07, 6.45) is 2.64. The van der Waals surface area contributed by atoms with Crippen molar-refractivity contribution in [3.63, 3.8) is 0 Å². The minimum absolute atomic E-state index is 0.683. The molecule has 0 amide bonds. The van der Waals surface area contributed by atoms with Crippen molar-refractivity contribution in [3.8, 4) is 0 Å². The van der Waals surface area contributed by atoms with Gasteiger partial charge in [0.05, 0.1) is 0 Å². The maximum atomic E-state index is 4.44. The zero-order valence-electron chi connectivity index (χ0n) is 4.62. The highest BCUT2D eigenvalue weighted by molar-refractivity contribution is 7.82. The SMILES string of the molecule is SC1CC(S)C2CC12. The summed E-state index contributed by atoms with van der Waals surface area (Å²) in [6, 6.07) is 0. The molecule has 4 atom stereocenters. The first kappa shape index (κ1) is 5.48. The van der Waals surface area contributed by atoms with Crippen molar-refractivity contribution in [2.45, 2.75) is 23.3 Å². The third-order valence-corrected chi connectivity index (χ3v) is 3.55. The van der Waals surface area contributed by atoms with Gasteiger partial charge >= 0.3 is 0 Å². The van der Waals surface area contributed by atoms with E-state index >= 15 is 0 Å². The Kier molecular flexibility index (Phi) is 1.10. The molecule has 0 N–H and O–H groups in total. The van der Waals surface area contributed by atoms with Gasteiger partial charge in [-0.1, -0.05) is 0 Å². The lowest BCUT2D eigenvalue weighted by Gasteiger charge is -2.03. The molecule has 4 unspecified atom stereocenters. The van der Waals surface area contributed by atoms with Gasteiger partial charge in [-0.05, 0) is 24.7 Å². The van der Waals surface area contributed by atoms with Gasteiger partial charge in [-0.3, -0.25) is 0 Å². The second-order valence-electron chi connectivity index (χ2n) is 2.93. The second kappa shape index (κ2) is 1.60. The van der Waals surface area contributed by atoms with Gasteiger partial charge in [0.1, 0.15) is 0 Å². The van der Waals surface area contributed by atoms with E-state index in [2.05, 4.69) is 25.3 Å². The fourth-order valence-corrected chi connectivity index (χ4v) is 3.02. The van der Waals surface area contributed by atoms with Crippen LogP contribution in [0.15, 0.2) is 0 Å². The van der Waals surface area contributed by atoms with Crippen LogP contribution in [0.5, 0.6) is 0 Å². The number of fused-ring (bicyclic) bond motifs is 1. The molecule has 46 valence electrons. The number of hydrogen-bond donors (Lipinski definition) is 2. The van der Waals surface area contributed by atoms with Gasteiger partial charge in [0.15, 0.2) is 0 Å². The maximum Gasteiger partial charge on any atom is 0.00587 e. The number of thiol groups is 2. The Morgan fingerprint density at radius 2 is 1.38 bits per heavy atom. The van der Waals surface area contributed by atoms with E-state index in [9.17, 15) is 0 Å². The lowest BCUT2D eigenvalue weighted by molar-refractivity contribution is 0.770. The summed E-state index contributed by atoms with van der Waals surface area (Å²) in [6.45, 7) is 0. The second-order valence-corrected chi connectivity index (χ2v) is 4.26. The zero-order valence-corrected chi connectivity index (χ0v) is 6.41. The molecule has 0 aliphatic heterocycles. The molecule has 0 saturated heterocycles. The van der Waals surface area contributed by atoms with Crippen LogP contribution in [0.1, 0.15) is 12.8 Å². The average Bonchev–Trinajstić information content (AvgIpc) is 2.35. The van der Waals surface area contributed by atoms with Gasteiger partial charge in [0, 0.05) is 10.5 Å². The normalized spacial score (nSPS) is 60.8. The largest absolute Gasteiger partial charge is 0.176 e. The number of hydrogen-bond acceptors (Lipinski definition) is 2. The Morgan fingerprint density at radius 3 is 1.50 bits per heavy atom. The molecule has 2 heteroatoms. The Labute approximate surface area is 60.9 Å². The molecule has 0 spiro atoms. The summed E-state index contributed by atoms with van der Waals surface area (Å²) in [5.74, 6) is 1.89. The predicted molar refractivity (Wildman–Crippen MR) is 41.8 cm³/mol. The van der Waals surface area contributed by atoms with Crippen molar-refractivity contribution >= 4 is 25.3 Å². The molecule has 0 aromatic rings. The summed E-state index contributed by atoms with van der Waals surface area (Å²) in [7, 11) is 0. The van der Waals surface area contributed by atoms with Gasteiger partial charge in [-0.25, -0.2) is 0 Å². The molecule has 0 radical (unpaired) electrons. The zero-order chi connectivity index (χ0) is 5.72. The molecule has 8 heavy (non-hydrogen) atoms. The molecule has 0 bridgehead atoms. The van der Waals surface area contributed by atoms with E-state index in [0.717, 1.165) is 11.8 Å². The molecular weight excluding hydrogens is 136 g/mol. The highest BCUT2D eigenvalue weighted by Crippen LogP contribution is 2.55. The van der Waals surface area contributed by atoms with Gasteiger partial charge in [0.25, 0.3) is 0 Å². The first-order valence-corrected chi connectivity index (χ1v) is 4.18. The van der Waals surface area contributed by atoms with Crippen molar-refractivity contribution in [2.75, 3.05) is 0 Å². The third-order valence-electron chi connectivity index (χ3n) is 2.36. The Bertz CT molecular complexity index is 97.1. The van der Waals surface area contributed by atoms with E-state index in [1.807, 2.05) is 0 Å². The molecule has 0 aromatic heterocycles. The van der Waals surface area contributed by atoms with Crippen LogP contribution in [0.4, 0.5) is 0 Å². The van der Waals surface area contributed by atoms with Crippen molar-refractivity contribution in [3.05, 3.63) is 0 Å². The van der Waals surface area contributed by atoms with Crippen LogP contribution in [0, 0.1) is 11.8 Å². The molecule has 2 fully saturated rings. The lowest BCUT2D eigenvalue weighted by atomic mass is 10.2. The van der Waals surface area contributed by atoms with Crippen LogP contribution in [-0.4, -0.2) is 10.5 Å². The Balaban J connectivity index is 2.09. The third kappa shape index (κ3) is 0.623. The minimum atomic E-state index is 0.683. The molecule has 2 rings (SSSR count). The van der Waals surface area contributed by atoms with Gasteiger partial charge in [-0.15, -0.1) is 0 Å². The highest BCUT2D eigenvalue weighted by Gasteiger charge is 2.51. The van der Waals surface area contributed by atoms with E-state index in [4.69, 9.17) is 0 Å². The summed E-state index contributed by atoms with van der Waals surface area (Å²) >= 11 is 8.88. The summed E-state index contributed by atoms with van der Waals surface area (Å²) in [5, 5.41) is 1.37. The summed E-state index contributed by atoms with van der Waals surface area (Å²) in [4.78, 5) is 0.